The number of fused-ring (bicyclic) bond motifs is 6. The van der Waals surface area contributed by atoms with Crippen molar-refractivity contribution in [3.63, 3.8) is 0 Å². The van der Waals surface area contributed by atoms with Crippen molar-refractivity contribution in [1.82, 2.24) is 14.5 Å². The van der Waals surface area contributed by atoms with Crippen LogP contribution in [-0.4, -0.2) is 21.2 Å². The predicted molar refractivity (Wildman–Crippen MR) is 194 cm³/mol. The van der Waals surface area contributed by atoms with Crippen LogP contribution >= 0.6 is 0 Å². The summed E-state index contributed by atoms with van der Waals surface area (Å²) in [5.74, 6) is 4.22. The van der Waals surface area contributed by atoms with Crippen LogP contribution in [0.25, 0.3) is 50.1 Å². The maximum absolute atomic E-state index is 6.60. The molecule has 48 heavy (non-hydrogen) atoms. The number of para-hydroxylation sites is 3. The third kappa shape index (κ3) is 3.92. The molecule has 0 saturated carbocycles. The van der Waals surface area contributed by atoms with Crippen LogP contribution in [-0.2, 0) is 0 Å². The molecule has 0 bridgehead atoms. The van der Waals surface area contributed by atoms with Crippen LogP contribution in [0.4, 0.5) is 0 Å². The highest BCUT2D eigenvalue weighted by atomic mass is 16.5. The standard InChI is InChI=1S/C42H28BN3O2/c1-25-9-7-10-26(2)41(25)46-34-14-6-5-13-33(34)45-42(46)29-18-20-36-32(24-29)43-31-23-28(40-30-12-4-3-11-27(30)21-22-44-40)17-19-35(31)47-37-15-8-16-38(48-36)39(37)43/h3-24H,1-2H3. The molecule has 4 heterocycles. The van der Waals surface area contributed by atoms with E-state index in [0.29, 0.717) is 0 Å². The lowest BCUT2D eigenvalue weighted by Crippen LogP contribution is -2.57. The lowest BCUT2D eigenvalue weighted by molar-refractivity contribution is 0.464. The van der Waals surface area contributed by atoms with E-state index >= 15 is 0 Å². The molecule has 10 rings (SSSR count). The molecule has 0 N–H and O–H groups in total. The van der Waals surface area contributed by atoms with E-state index in [0.717, 1.165) is 89.5 Å². The minimum Gasteiger partial charge on any atom is -0.458 e. The molecule has 226 valence electrons. The Morgan fingerprint density at radius 2 is 1.27 bits per heavy atom. The minimum atomic E-state index is -0.100. The summed E-state index contributed by atoms with van der Waals surface area (Å²) in [7, 11) is 0. The molecule has 8 aromatic rings. The molecule has 0 spiro atoms. The lowest BCUT2D eigenvalue weighted by Gasteiger charge is -2.33. The Morgan fingerprint density at radius 1 is 0.604 bits per heavy atom. The smallest absolute Gasteiger partial charge is 0.260 e. The van der Waals surface area contributed by atoms with E-state index in [-0.39, 0.29) is 6.71 Å². The largest absolute Gasteiger partial charge is 0.458 e. The van der Waals surface area contributed by atoms with Crippen LogP contribution in [0.3, 0.4) is 0 Å². The van der Waals surface area contributed by atoms with Crippen LogP contribution in [0.5, 0.6) is 23.0 Å². The van der Waals surface area contributed by atoms with Crippen molar-refractivity contribution < 1.29 is 9.47 Å². The summed E-state index contributed by atoms with van der Waals surface area (Å²) in [6.45, 7) is 4.24. The van der Waals surface area contributed by atoms with Gasteiger partial charge in [-0.3, -0.25) is 9.55 Å². The first kappa shape index (κ1) is 27.0. The third-order valence-electron chi connectivity index (χ3n) is 9.83. The summed E-state index contributed by atoms with van der Waals surface area (Å²) in [5.41, 5.74) is 11.8. The molecule has 6 heteroatoms. The SMILES string of the molecule is Cc1cccc(C)c1-n1c(-c2ccc3c(c2)B2c4cc(-c5nccc6ccccc56)ccc4Oc4cccc(c42)O3)nc2ccccc21. The number of hydrogen-bond donors (Lipinski definition) is 0. The molecule has 2 aliphatic heterocycles. The topological polar surface area (TPSA) is 49.2 Å². The second kappa shape index (κ2) is 10.2. The molecule has 0 amide bonds. The number of rotatable bonds is 3. The third-order valence-corrected chi connectivity index (χ3v) is 9.83. The van der Waals surface area contributed by atoms with Gasteiger partial charge < -0.3 is 9.47 Å². The van der Waals surface area contributed by atoms with Gasteiger partial charge in [0, 0.05) is 28.2 Å². The van der Waals surface area contributed by atoms with Crippen LogP contribution in [0, 0.1) is 13.8 Å². The van der Waals surface area contributed by atoms with Crippen molar-refractivity contribution in [1.29, 1.82) is 0 Å². The Labute approximate surface area is 278 Å². The first-order chi connectivity index (χ1) is 23.6. The van der Waals surface area contributed by atoms with Crippen molar-refractivity contribution in [3.8, 4) is 51.3 Å². The highest BCUT2D eigenvalue weighted by Gasteiger charge is 2.40. The van der Waals surface area contributed by atoms with Crippen molar-refractivity contribution >= 4 is 44.9 Å². The summed E-state index contributed by atoms with van der Waals surface area (Å²) in [4.78, 5) is 10.1. The Kier molecular flexibility index (Phi) is 5.73. The fourth-order valence-electron chi connectivity index (χ4n) is 7.68. The number of hydrogen-bond acceptors (Lipinski definition) is 4. The summed E-state index contributed by atoms with van der Waals surface area (Å²) in [6, 6.07) is 44.3. The second-order valence-corrected chi connectivity index (χ2v) is 12.7. The number of aromatic nitrogens is 3. The number of pyridine rings is 1. The molecule has 0 radical (unpaired) electrons. The minimum absolute atomic E-state index is 0.100. The predicted octanol–water partition coefficient (Wildman–Crippen LogP) is 8.25. The molecule has 0 aliphatic carbocycles. The van der Waals surface area contributed by atoms with Gasteiger partial charge in [-0.25, -0.2) is 4.98 Å². The van der Waals surface area contributed by atoms with Crippen LogP contribution in [0.1, 0.15) is 11.1 Å². The van der Waals surface area contributed by atoms with Crippen molar-refractivity contribution in [2.24, 2.45) is 0 Å². The van der Waals surface area contributed by atoms with Crippen LogP contribution < -0.4 is 25.9 Å². The quantitative estimate of drug-likeness (QED) is 0.188. The van der Waals surface area contributed by atoms with Crippen molar-refractivity contribution in [2.45, 2.75) is 13.8 Å². The fourth-order valence-corrected chi connectivity index (χ4v) is 7.68. The fraction of sp³-hybridized carbons (Fsp3) is 0.0476. The van der Waals surface area contributed by atoms with E-state index in [1.165, 1.54) is 11.1 Å². The summed E-state index contributed by atoms with van der Waals surface area (Å²) in [5, 5.41) is 2.29. The summed E-state index contributed by atoms with van der Waals surface area (Å²) in [6.07, 6.45) is 1.89. The highest BCUT2D eigenvalue weighted by molar-refractivity contribution is 6.98. The van der Waals surface area contributed by atoms with Gasteiger partial charge in [0.05, 0.1) is 22.4 Å². The molecule has 0 unspecified atom stereocenters. The number of nitrogens with zero attached hydrogens (tertiary/aromatic N) is 3. The highest BCUT2D eigenvalue weighted by Crippen LogP contribution is 2.38. The lowest BCUT2D eigenvalue weighted by atomic mass is 9.34. The average Bonchev–Trinajstić information content (AvgIpc) is 3.50. The number of benzene rings is 6. The Balaban J connectivity index is 1.20. The Hall–Kier alpha value is -6.14. The summed E-state index contributed by atoms with van der Waals surface area (Å²) < 4.78 is 15.5. The maximum Gasteiger partial charge on any atom is 0.260 e. The monoisotopic (exact) mass is 617 g/mol. The van der Waals surface area contributed by atoms with Gasteiger partial charge in [-0.05, 0) is 95.9 Å². The molecular weight excluding hydrogens is 589 g/mol. The summed E-state index contributed by atoms with van der Waals surface area (Å²) >= 11 is 0. The van der Waals surface area contributed by atoms with Crippen LogP contribution in [0.15, 0.2) is 134 Å². The molecule has 2 aliphatic rings. The Bertz CT molecular complexity index is 2580. The first-order valence-electron chi connectivity index (χ1n) is 16.3. The average molecular weight is 618 g/mol. The zero-order valence-corrected chi connectivity index (χ0v) is 26.4. The maximum atomic E-state index is 6.60. The van der Waals surface area contributed by atoms with Gasteiger partial charge in [-0.2, -0.15) is 0 Å². The van der Waals surface area contributed by atoms with E-state index in [4.69, 9.17) is 19.4 Å². The van der Waals surface area contributed by atoms with Crippen LogP contribution in [0.2, 0.25) is 0 Å². The van der Waals surface area contributed by atoms with E-state index in [1.807, 2.05) is 24.4 Å². The molecular formula is C42H28BN3O2. The van der Waals surface area contributed by atoms with E-state index in [1.54, 1.807) is 0 Å². The second-order valence-electron chi connectivity index (χ2n) is 12.7. The zero-order valence-electron chi connectivity index (χ0n) is 26.4. The molecule has 0 atom stereocenters. The molecule has 0 fully saturated rings. The molecule has 6 aromatic carbocycles. The normalized spacial score (nSPS) is 12.7. The van der Waals surface area contributed by atoms with Gasteiger partial charge >= 0.3 is 0 Å². The molecule has 5 nitrogen and oxygen atoms in total. The number of ether oxygens (including phenoxy) is 2. The van der Waals surface area contributed by atoms with E-state index < -0.39 is 0 Å². The Morgan fingerprint density at radius 3 is 2.06 bits per heavy atom. The molecule has 0 saturated heterocycles. The van der Waals surface area contributed by atoms with Crippen molar-refractivity contribution in [2.75, 3.05) is 0 Å². The van der Waals surface area contributed by atoms with Crippen molar-refractivity contribution in [3.05, 3.63) is 145 Å². The molecule has 2 aromatic heterocycles. The zero-order chi connectivity index (χ0) is 31.9. The number of imidazole rings is 1. The van der Waals surface area contributed by atoms with Gasteiger partial charge in [0.1, 0.15) is 28.8 Å². The van der Waals surface area contributed by atoms with Gasteiger partial charge in [0.25, 0.3) is 6.71 Å². The van der Waals surface area contributed by atoms with Gasteiger partial charge in [-0.15, -0.1) is 0 Å². The first-order valence-corrected chi connectivity index (χ1v) is 16.3. The van der Waals surface area contributed by atoms with E-state index in [9.17, 15) is 0 Å². The van der Waals surface area contributed by atoms with E-state index in [2.05, 4.69) is 128 Å². The van der Waals surface area contributed by atoms with Gasteiger partial charge in [0.15, 0.2) is 0 Å². The number of aryl methyl sites for hydroxylation is 2. The van der Waals surface area contributed by atoms with Gasteiger partial charge in [0.2, 0.25) is 0 Å². The van der Waals surface area contributed by atoms with Gasteiger partial charge in [-0.1, -0.05) is 72.8 Å².